The molecule has 1 heterocycles. The molecule has 0 spiro atoms. The Hall–Kier alpha value is -1.81. The molecule has 84 valence electrons. The van der Waals surface area contributed by atoms with E-state index in [1.165, 1.54) is 6.07 Å². The largest absolute Gasteiger partial charge is 0.504 e. The Morgan fingerprint density at radius 1 is 1.38 bits per heavy atom. The van der Waals surface area contributed by atoms with Crippen LogP contribution in [-0.2, 0) is 4.79 Å². The number of carbonyl (C=O) groups is 1. The Morgan fingerprint density at radius 3 is 2.88 bits per heavy atom. The van der Waals surface area contributed by atoms with E-state index >= 15 is 0 Å². The fourth-order valence-corrected chi connectivity index (χ4v) is 1.51. The van der Waals surface area contributed by atoms with Crippen LogP contribution in [0.5, 0.6) is 11.5 Å². The molecule has 2 rings (SSSR count). The number of ether oxygens (including phenoxy) is 1. The smallest absolute Gasteiger partial charge is 0.340 e. The van der Waals surface area contributed by atoms with E-state index in [9.17, 15) is 9.90 Å². The van der Waals surface area contributed by atoms with Crippen molar-refractivity contribution in [1.82, 2.24) is 5.32 Å². The number of carbonyl (C=O) groups excluding carboxylic acids is 1. The summed E-state index contributed by atoms with van der Waals surface area (Å²) in [5.74, 6) is -0.243. The van der Waals surface area contributed by atoms with Gasteiger partial charge < -0.3 is 15.2 Å². The second-order valence-corrected chi connectivity index (χ2v) is 3.55. The van der Waals surface area contributed by atoms with Gasteiger partial charge in [0.25, 0.3) is 0 Å². The van der Waals surface area contributed by atoms with Crippen molar-refractivity contribution in [3.8, 4) is 11.5 Å². The normalized spacial score (nSPS) is 15.4. The number of esters is 1. The molecule has 1 aromatic carbocycles. The molecule has 0 aliphatic carbocycles. The van der Waals surface area contributed by atoms with Crippen LogP contribution >= 0.6 is 0 Å². The first-order valence-electron chi connectivity index (χ1n) is 5.17. The van der Waals surface area contributed by atoms with Gasteiger partial charge in [-0.1, -0.05) is 18.2 Å². The minimum Gasteiger partial charge on any atom is -0.504 e. The van der Waals surface area contributed by atoms with E-state index in [1.807, 2.05) is 6.08 Å². The molecule has 4 heteroatoms. The quantitative estimate of drug-likeness (QED) is 0.580. The molecule has 0 atom stereocenters. The summed E-state index contributed by atoms with van der Waals surface area (Å²) in [4.78, 5) is 11.7. The Balaban J connectivity index is 2.07. The van der Waals surface area contributed by atoms with E-state index in [0.29, 0.717) is 12.1 Å². The van der Waals surface area contributed by atoms with E-state index in [1.54, 1.807) is 18.2 Å². The number of aromatic hydroxyl groups is 1. The molecule has 1 aliphatic rings. The third-order valence-corrected chi connectivity index (χ3v) is 2.36. The van der Waals surface area contributed by atoms with Crippen LogP contribution in [0, 0.1) is 0 Å². The molecule has 1 aromatic rings. The number of phenolic OH excluding ortho intramolecular Hbond substituents is 1. The molecule has 4 nitrogen and oxygen atoms in total. The van der Waals surface area contributed by atoms with Crippen molar-refractivity contribution in [2.75, 3.05) is 13.1 Å². The third kappa shape index (κ3) is 2.41. The van der Waals surface area contributed by atoms with Crippen LogP contribution in [0.3, 0.4) is 0 Å². The Bertz CT molecular complexity index is 426. The average molecular weight is 219 g/mol. The van der Waals surface area contributed by atoms with Crippen LogP contribution in [0.4, 0.5) is 0 Å². The lowest BCUT2D eigenvalue weighted by molar-refractivity contribution is -0.130. The zero-order valence-electron chi connectivity index (χ0n) is 8.77. The van der Waals surface area contributed by atoms with Gasteiger partial charge >= 0.3 is 5.97 Å². The maximum absolute atomic E-state index is 11.7. The van der Waals surface area contributed by atoms with Crippen LogP contribution in [0.15, 0.2) is 35.9 Å². The van der Waals surface area contributed by atoms with Gasteiger partial charge in [-0.25, -0.2) is 4.79 Å². The van der Waals surface area contributed by atoms with Crippen LogP contribution < -0.4 is 10.1 Å². The molecule has 0 fully saturated rings. The maximum atomic E-state index is 11.7. The lowest BCUT2D eigenvalue weighted by atomic mass is 10.1. The van der Waals surface area contributed by atoms with Crippen molar-refractivity contribution in [2.24, 2.45) is 0 Å². The number of rotatable bonds is 2. The Morgan fingerprint density at radius 2 is 2.19 bits per heavy atom. The number of benzene rings is 1. The molecule has 0 aromatic heterocycles. The molecule has 1 aliphatic heterocycles. The number of hydrogen-bond donors (Lipinski definition) is 2. The lowest BCUT2D eigenvalue weighted by Gasteiger charge is -2.13. The first-order valence-corrected chi connectivity index (χ1v) is 5.17. The molecule has 2 N–H and O–H groups in total. The summed E-state index contributed by atoms with van der Waals surface area (Å²) in [6.45, 7) is 1.40. The predicted octanol–water partition coefficient (Wildman–Crippen LogP) is 1.22. The Kier molecular flexibility index (Phi) is 3.22. The van der Waals surface area contributed by atoms with E-state index in [-0.39, 0.29) is 11.5 Å². The van der Waals surface area contributed by atoms with Gasteiger partial charge in [0.1, 0.15) is 0 Å². The standard InChI is InChI=1S/C12H13NO3/c14-10-5-1-2-6-11(10)16-12(15)9-4-3-7-13-8-9/h1-2,4-6,13-14H,3,7-8H2. The molecular weight excluding hydrogens is 206 g/mol. The molecule has 16 heavy (non-hydrogen) atoms. The number of phenols is 1. The molecular formula is C12H13NO3. The van der Waals surface area contributed by atoms with E-state index < -0.39 is 5.97 Å². The van der Waals surface area contributed by atoms with Gasteiger partial charge in [-0.05, 0) is 25.1 Å². The highest BCUT2D eigenvalue weighted by molar-refractivity contribution is 5.91. The minimum absolute atomic E-state index is 0.0276. The lowest BCUT2D eigenvalue weighted by Crippen LogP contribution is -2.28. The fourth-order valence-electron chi connectivity index (χ4n) is 1.51. The summed E-state index contributed by atoms with van der Waals surface area (Å²) in [6.07, 6.45) is 2.68. The summed E-state index contributed by atoms with van der Waals surface area (Å²) < 4.78 is 5.09. The van der Waals surface area contributed by atoms with Crippen molar-refractivity contribution in [3.63, 3.8) is 0 Å². The van der Waals surface area contributed by atoms with Crippen LogP contribution in [-0.4, -0.2) is 24.2 Å². The third-order valence-electron chi connectivity index (χ3n) is 2.36. The highest BCUT2D eigenvalue weighted by Crippen LogP contribution is 2.25. The van der Waals surface area contributed by atoms with Crippen LogP contribution in [0.2, 0.25) is 0 Å². The first kappa shape index (κ1) is 10.7. The highest BCUT2D eigenvalue weighted by atomic mass is 16.5. The molecule has 0 saturated carbocycles. The molecule has 0 unspecified atom stereocenters. The van der Waals surface area contributed by atoms with Gasteiger partial charge in [-0.3, -0.25) is 0 Å². The Labute approximate surface area is 93.5 Å². The minimum atomic E-state index is -0.409. The van der Waals surface area contributed by atoms with Gasteiger partial charge in [0.05, 0.1) is 0 Å². The van der Waals surface area contributed by atoms with E-state index in [2.05, 4.69) is 5.32 Å². The van der Waals surface area contributed by atoms with Gasteiger partial charge in [0, 0.05) is 12.1 Å². The summed E-state index contributed by atoms with van der Waals surface area (Å²) in [5, 5.41) is 12.5. The second kappa shape index (κ2) is 4.81. The summed E-state index contributed by atoms with van der Waals surface area (Å²) >= 11 is 0. The van der Waals surface area contributed by atoms with E-state index in [4.69, 9.17) is 4.74 Å². The molecule has 0 amide bonds. The molecule has 0 saturated heterocycles. The molecule has 0 bridgehead atoms. The van der Waals surface area contributed by atoms with Crippen molar-refractivity contribution in [3.05, 3.63) is 35.9 Å². The fraction of sp³-hybridized carbons (Fsp3) is 0.250. The van der Waals surface area contributed by atoms with Crippen LogP contribution in [0.1, 0.15) is 6.42 Å². The molecule has 0 radical (unpaired) electrons. The monoisotopic (exact) mass is 219 g/mol. The van der Waals surface area contributed by atoms with Gasteiger partial charge in [-0.2, -0.15) is 0 Å². The van der Waals surface area contributed by atoms with Crippen molar-refractivity contribution in [1.29, 1.82) is 0 Å². The SMILES string of the molecule is O=C(Oc1ccccc1O)C1=CCCNC1. The number of para-hydroxylation sites is 2. The zero-order valence-corrected chi connectivity index (χ0v) is 8.77. The topological polar surface area (TPSA) is 58.6 Å². The summed E-state index contributed by atoms with van der Waals surface area (Å²) in [7, 11) is 0. The van der Waals surface area contributed by atoms with Crippen molar-refractivity contribution in [2.45, 2.75) is 6.42 Å². The summed E-state index contributed by atoms with van der Waals surface area (Å²) in [6, 6.07) is 6.42. The number of nitrogens with one attached hydrogen (secondary N) is 1. The summed E-state index contributed by atoms with van der Waals surface area (Å²) in [5.41, 5.74) is 0.606. The predicted molar refractivity (Wildman–Crippen MR) is 59.3 cm³/mol. The van der Waals surface area contributed by atoms with Gasteiger partial charge in [0.2, 0.25) is 0 Å². The van der Waals surface area contributed by atoms with Crippen molar-refractivity contribution >= 4 is 5.97 Å². The van der Waals surface area contributed by atoms with Gasteiger partial charge in [-0.15, -0.1) is 0 Å². The first-order chi connectivity index (χ1) is 7.77. The average Bonchev–Trinajstić information content (AvgIpc) is 2.33. The zero-order chi connectivity index (χ0) is 11.4. The maximum Gasteiger partial charge on any atom is 0.340 e. The van der Waals surface area contributed by atoms with Gasteiger partial charge in [0.15, 0.2) is 11.5 Å². The van der Waals surface area contributed by atoms with Crippen molar-refractivity contribution < 1.29 is 14.6 Å². The second-order valence-electron chi connectivity index (χ2n) is 3.55. The number of hydrogen-bond acceptors (Lipinski definition) is 4. The van der Waals surface area contributed by atoms with Crippen LogP contribution in [0.25, 0.3) is 0 Å². The highest BCUT2D eigenvalue weighted by Gasteiger charge is 2.15. The van der Waals surface area contributed by atoms with E-state index in [0.717, 1.165) is 13.0 Å².